The van der Waals surface area contributed by atoms with Crippen molar-refractivity contribution in [1.82, 2.24) is 20.3 Å². The number of hydrogen-bond acceptors (Lipinski definition) is 4. The van der Waals surface area contributed by atoms with Crippen molar-refractivity contribution in [2.24, 2.45) is 0 Å². The second kappa shape index (κ2) is 5.39. The van der Waals surface area contributed by atoms with Crippen molar-refractivity contribution in [3.8, 4) is 11.3 Å². The van der Waals surface area contributed by atoms with Crippen LogP contribution in [0.2, 0.25) is 0 Å². The van der Waals surface area contributed by atoms with E-state index >= 15 is 0 Å². The van der Waals surface area contributed by atoms with E-state index in [9.17, 15) is 4.79 Å². The number of benzene rings is 1. The molecule has 0 radical (unpaired) electrons. The molecule has 0 atom stereocenters. The summed E-state index contributed by atoms with van der Waals surface area (Å²) in [6.07, 6.45) is 0.786. The standard InChI is InChI=1S/C17H16N4O2/c1-11-16(19-20-18-11)17(22)21-8-7-13-9-14(23-15(13)10-21)12-5-3-2-4-6-12/h2-6,9H,7-8,10H2,1H3,(H,18,19,20). The summed E-state index contributed by atoms with van der Waals surface area (Å²) in [4.78, 5) is 14.3. The monoisotopic (exact) mass is 308 g/mol. The fourth-order valence-electron chi connectivity index (χ4n) is 2.87. The van der Waals surface area contributed by atoms with Crippen LogP contribution in [0.5, 0.6) is 0 Å². The highest BCUT2D eigenvalue weighted by Crippen LogP contribution is 2.29. The van der Waals surface area contributed by atoms with E-state index in [1.165, 1.54) is 5.56 Å². The van der Waals surface area contributed by atoms with Crippen LogP contribution in [0.15, 0.2) is 40.8 Å². The molecule has 1 aliphatic heterocycles. The maximum atomic E-state index is 12.5. The number of aryl methyl sites for hydroxylation is 1. The summed E-state index contributed by atoms with van der Waals surface area (Å²) < 4.78 is 5.98. The van der Waals surface area contributed by atoms with Crippen molar-refractivity contribution >= 4 is 5.91 Å². The van der Waals surface area contributed by atoms with Crippen LogP contribution < -0.4 is 0 Å². The molecule has 1 aromatic carbocycles. The molecule has 0 bridgehead atoms. The van der Waals surface area contributed by atoms with Crippen LogP contribution in [0.25, 0.3) is 11.3 Å². The Hall–Kier alpha value is -2.89. The quantitative estimate of drug-likeness (QED) is 0.789. The first-order valence-electron chi connectivity index (χ1n) is 7.56. The fourth-order valence-corrected chi connectivity index (χ4v) is 2.87. The molecule has 1 amide bonds. The minimum Gasteiger partial charge on any atom is -0.459 e. The van der Waals surface area contributed by atoms with Crippen molar-refractivity contribution in [2.75, 3.05) is 6.54 Å². The average molecular weight is 308 g/mol. The second-order valence-corrected chi connectivity index (χ2v) is 5.66. The summed E-state index contributed by atoms with van der Waals surface area (Å²) in [6.45, 7) is 2.89. The molecule has 116 valence electrons. The number of carbonyl (C=O) groups is 1. The minimum absolute atomic E-state index is 0.112. The first-order chi connectivity index (χ1) is 11.2. The summed E-state index contributed by atoms with van der Waals surface area (Å²) in [6, 6.07) is 12.1. The molecule has 2 aromatic heterocycles. The fraction of sp³-hybridized carbons (Fsp3) is 0.235. The zero-order chi connectivity index (χ0) is 15.8. The molecule has 1 N–H and O–H groups in total. The molecule has 6 nitrogen and oxygen atoms in total. The van der Waals surface area contributed by atoms with Gasteiger partial charge in [-0.3, -0.25) is 4.79 Å². The van der Waals surface area contributed by atoms with Crippen molar-refractivity contribution < 1.29 is 9.21 Å². The lowest BCUT2D eigenvalue weighted by atomic mass is 10.1. The van der Waals surface area contributed by atoms with Crippen molar-refractivity contribution in [1.29, 1.82) is 0 Å². The van der Waals surface area contributed by atoms with E-state index in [0.29, 0.717) is 24.5 Å². The number of nitrogens with one attached hydrogen (secondary N) is 1. The SMILES string of the molecule is Cc1n[nH]nc1C(=O)N1CCc2cc(-c3ccccc3)oc2C1. The van der Waals surface area contributed by atoms with Gasteiger partial charge in [-0.25, -0.2) is 0 Å². The first kappa shape index (κ1) is 13.8. The number of rotatable bonds is 2. The number of carbonyl (C=O) groups excluding carboxylic acids is 1. The molecule has 23 heavy (non-hydrogen) atoms. The number of hydrogen-bond donors (Lipinski definition) is 1. The summed E-state index contributed by atoms with van der Waals surface area (Å²) >= 11 is 0. The predicted octanol–water partition coefficient (Wildman–Crippen LogP) is 2.57. The maximum Gasteiger partial charge on any atom is 0.276 e. The molecule has 0 fully saturated rings. The number of furan rings is 1. The Morgan fingerprint density at radius 2 is 2.09 bits per heavy atom. The normalized spacial score (nSPS) is 13.9. The highest BCUT2D eigenvalue weighted by molar-refractivity contribution is 5.93. The molecule has 0 spiro atoms. The van der Waals surface area contributed by atoms with Gasteiger partial charge in [-0.1, -0.05) is 30.3 Å². The Balaban J connectivity index is 1.59. The number of H-pyrrole nitrogens is 1. The average Bonchev–Trinajstić information content (AvgIpc) is 3.20. The van der Waals surface area contributed by atoms with Crippen LogP contribution in [0.3, 0.4) is 0 Å². The molecule has 0 saturated heterocycles. The Morgan fingerprint density at radius 3 is 2.83 bits per heavy atom. The molecule has 0 aliphatic carbocycles. The molecular weight excluding hydrogens is 292 g/mol. The number of amides is 1. The summed E-state index contributed by atoms with van der Waals surface area (Å²) in [5, 5.41) is 10.3. The van der Waals surface area contributed by atoms with Gasteiger partial charge >= 0.3 is 0 Å². The van der Waals surface area contributed by atoms with Gasteiger partial charge in [0, 0.05) is 12.1 Å². The zero-order valence-electron chi connectivity index (χ0n) is 12.7. The zero-order valence-corrected chi connectivity index (χ0v) is 12.7. The van der Waals surface area contributed by atoms with Gasteiger partial charge in [0.2, 0.25) is 0 Å². The van der Waals surface area contributed by atoms with Crippen LogP contribution in [0.4, 0.5) is 0 Å². The third-order valence-corrected chi connectivity index (χ3v) is 4.15. The lowest BCUT2D eigenvalue weighted by molar-refractivity contribution is 0.0713. The number of nitrogens with zero attached hydrogens (tertiary/aromatic N) is 3. The lowest BCUT2D eigenvalue weighted by Gasteiger charge is -2.25. The number of aromatic amines is 1. The van der Waals surface area contributed by atoms with Gasteiger partial charge in [0.25, 0.3) is 5.91 Å². The minimum atomic E-state index is -0.112. The van der Waals surface area contributed by atoms with Crippen LogP contribution >= 0.6 is 0 Å². The van der Waals surface area contributed by atoms with Crippen molar-refractivity contribution in [3.05, 3.63) is 59.1 Å². The number of fused-ring (bicyclic) bond motifs is 1. The number of aromatic nitrogens is 3. The van der Waals surface area contributed by atoms with Crippen LogP contribution in [-0.4, -0.2) is 32.8 Å². The van der Waals surface area contributed by atoms with Gasteiger partial charge in [-0.2, -0.15) is 15.4 Å². The van der Waals surface area contributed by atoms with E-state index in [2.05, 4.69) is 21.5 Å². The van der Waals surface area contributed by atoms with E-state index < -0.39 is 0 Å². The summed E-state index contributed by atoms with van der Waals surface area (Å²) in [7, 11) is 0. The summed E-state index contributed by atoms with van der Waals surface area (Å²) in [5.74, 6) is 1.59. The molecule has 0 saturated carbocycles. The third kappa shape index (κ3) is 2.42. The van der Waals surface area contributed by atoms with Gasteiger partial charge in [0.1, 0.15) is 11.5 Å². The Bertz CT molecular complexity index is 851. The topological polar surface area (TPSA) is 75.0 Å². The smallest absolute Gasteiger partial charge is 0.276 e. The maximum absolute atomic E-state index is 12.5. The lowest BCUT2D eigenvalue weighted by Crippen LogP contribution is -2.36. The van der Waals surface area contributed by atoms with E-state index in [4.69, 9.17) is 4.42 Å². The van der Waals surface area contributed by atoms with Gasteiger partial charge in [-0.05, 0) is 25.0 Å². The van der Waals surface area contributed by atoms with Crippen LogP contribution in [-0.2, 0) is 13.0 Å². The van der Waals surface area contributed by atoms with Gasteiger partial charge in [0.15, 0.2) is 5.69 Å². The largest absolute Gasteiger partial charge is 0.459 e. The van der Waals surface area contributed by atoms with Gasteiger partial charge in [-0.15, -0.1) is 0 Å². The summed E-state index contributed by atoms with van der Waals surface area (Å²) in [5.41, 5.74) is 3.21. The van der Waals surface area contributed by atoms with E-state index in [1.54, 1.807) is 11.8 Å². The Labute approximate surface area is 133 Å². The van der Waals surface area contributed by atoms with Gasteiger partial charge in [0.05, 0.1) is 12.2 Å². The molecular formula is C17H16N4O2. The van der Waals surface area contributed by atoms with Gasteiger partial charge < -0.3 is 9.32 Å². The van der Waals surface area contributed by atoms with E-state index in [0.717, 1.165) is 23.5 Å². The van der Waals surface area contributed by atoms with Crippen LogP contribution in [0.1, 0.15) is 27.5 Å². The highest BCUT2D eigenvalue weighted by Gasteiger charge is 2.27. The Kier molecular flexibility index (Phi) is 3.22. The third-order valence-electron chi connectivity index (χ3n) is 4.15. The first-order valence-corrected chi connectivity index (χ1v) is 7.56. The molecule has 3 heterocycles. The molecule has 4 rings (SSSR count). The molecule has 1 aliphatic rings. The van der Waals surface area contributed by atoms with Crippen molar-refractivity contribution in [2.45, 2.75) is 19.9 Å². The Morgan fingerprint density at radius 1 is 1.26 bits per heavy atom. The molecule has 6 heteroatoms. The predicted molar refractivity (Wildman–Crippen MR) is 83.7 cm³/mol. The van der Waals surface area contributed by atoms with E-state index in [1.807, 2.05) is 30.3 Å². The van der Waals surface area contributed by atoms with E-state index in [-0.39, 0.29) is 5.91 Å². The molecule has 3 aromatic rings. The molecule has 0 unspecified atom stereocenters. The van der Waals surface area contributed by atoms with Crippen molar-refractivity contribution in [3.63, 3.8) is 0 Å². The van der Waals surface area contributed by atoms with Crippen LogP contribution in [0, 0.1) is 6.92 Å². The highest BCUT2D eigenvalue weighted by atomic mass is 16.3. The second-order valence-electron chi connectivity index (χ2n) is 5.66.